The first kappa shape index (κ1) is 101. The Morgan fingerprint density at radius 1 is 0.117 bits per heavy atom. The Morgan fingerprint density at radius 2 is 0.217 bits per heavy atom. The van der Waals surface area contributed by atoms with E-state index < -0.39 is 0 Å². The third-order valence-electron chi connectivity index (χ3n) is 17.8. The molecule has 0 aliphatic rings. The zero-order chi connectivity index (χ0) is 83.8. The first-order chi connectivity index (χ1) is 59.6. The van der Waals surface area contributed by atoms with Crippen molar-refractivity contribution in [2.24, 2.45) is 0 Å². The lowest BCUT2D eigenvalue weighted by molar-refractivity contribution is -0.0242. The maximum atomic E-state index is 8.70. The highest BCUT2D eigenvalue weighted by Crippen LogP contribution is 2.36. The Hall–Kier alpha value is -6.54. The van der Waals surface area contributed by atoms with Gasteiger partial charge in [-0.3, -0.25) is 0 Å². The predicted octanol–water partition coefficient (Wildman–Crippen LogP) is 10.6. The molecule has 0 saturated carbocycles. The van der Waals surface area contributed by atoms with Gasteiger partial charge in [0.1, 0.15) is 0 Å². The van der Waals surface area contributed by atoms with Crippen LogP contribution in [0.2, 0.25) is 0 Å². The van der Waals surface area contributed by atoms with Crippen molar-refractivity contribution in [2.45, 2.75) is 19.8 Å². The minimum Gasteiger partial charge on any atom is -0.394 e. The van der Waals surface area contributed by atoms with E-state index in [1.54, 1.807) is 0 Å². The van der Waals surface area contributed by atoms with E-state index in [2.05, 4.69) is 164 Å². The van der Waals surface area contributed by atoms with E-state index >= 15 is 0 Å². The summed E-state index contributed by atoms with van der Waals surface area (Å²) in [5.74, 6) is 0. The zero-order valence-electron chi connectivity index (χ0n) is 70.3. The molecule has 120 heavy (non-hydrogen) atoms. The van der Waals surface area contributed by atoms with Crippen molar-refractivity contribution in [1.29, 1.82) is 0 Å². The van der Waals surface area contributed by atoms with Crippen molar-refractivity contribution >= 4 is 0 Å². The maximum absolute atomic E-state index is 8.70. The van der Waals surface area contributed by atoms with Crippen LogP contribution in [0.1, 0.15) is 16.7 Å². The average molecular weight is 1680 g/mol. The van der Waals surface area contributed by atoms with E-state index in [9.17, 15) is 0 Å². The summed E-state index contributed by atoms with van der Waals surface area (Å²) in [6.07, 6.45) is 0. The maximum Gasteiger partial charge on any atom is 0.0718 e. The molecule has 0 bridgehead atoms. The van der Waals surface area contributed by atoms with E-state index in [0.717, 1.165) is 83.5 Å². The van der Waals surface area contributed by atoms with E-state index in [1.807, 2.05) is 0 Å². The van der Waals surface area contributed by atoms with Crippen molar-refractivity contribution in [2.75, 3.05) is 317 Å². The molecule has 666 valence electrons. The number of ether oxygens (including phenoxy) is 24. The molecule has 3 N–H and O–H groups in total. The largest absolute Gasteiger partial charge is 0.394 e. The summed E-state index contributed by atoms with van der Waals surface area (Å²) in [6.45, 7) is 22.5. The zero-order valence-corrected chi connectivity index (χ0v) is 70.3. The SMILES string of the molecule is OCCOCCOCCOCCOCCOCCOCCOCCOCc1ccc(-c2ccc(-c3cc(-c4ccc(-c5ccc(COCCOCCOCCOCCOCCOCCOCCOCCO)cc5)cc4)cc(-c4ccc(-c5ccc(COCCOCCOCCOCCOCCOCCOCCOCCO)cc5)cc4)c3)cc2)cc1. The van der Waals surface area contributed by atoms with Crippen molar-refractivity contribution in [3.8, 4) is 66.8 Å². The normalized spacial score (nSPS) is 11.6. The van der Waals surface area contributed by atoms with Gasteiger partial charge in [-0.05, 0) is 102 Å². The lowest BCUT2D eigenvalue weighted by Crippen LogP contribution is -2.15. The smallest absolute Gasteiger partial charge is 0.0718 e. The van der Waals surface area contributed by atoms with Crippen molar-refractivity contribution < 1.29 is 129 Å². The molecule has 7 aromatic rings. The first-order valence-electron chi connectivity index (χ1n) is 42.0. The Morgan fingerprint density at radius 3 is 0.342 bits per heavy atom. The van der Waals surface area contributed by atoms with Gasteiger partial charge in [0.25, 0.3) is 0 Å². The molecular formula is C93H132O27. The fourth-order valence-corrected chi connectivity index (χ4v) is 11.5. The Balaban J connectivity index is 0.805. The predicted molar refractivity (Wildman–Crippen MR) is 456 cm³/mol. The summed E-state index contributed by atoms with van der Waals surface area (Å²) < 4.78 is 133. The van der Waals surface area contributed by atoms with Crippen LogP contribution in [0.3, 0.4) is 0 Å². The number of aliphatic hydroxyl groups is 3. The summed E-state index contributed by atoms with van der Waals surface area (Å²) in [6, 6.07) is 58.9. The van der Waals surface area contributed by atoms with Gasteiger partial charge in [-0.15, -0.1) is 0 Å². The molecule has 0 aliphatic carbocycles. The molecule has 7 aromatic carbocycles. The summed E-state index contributed by atoms with van der Waals surface area (Å²) in [7, 11) is 0. The Bertz CT molecular complexity index is 3110. The number of hydrogen-bond acceptors (Lipinski definition) is 27. The summed E-state index contributed by atoms with van der Waals surface area (Å²) in [4.78, 5) is 0. The van der Waals surface area contributed by atoms with Crippen LogP contribution in [0.25, 0.3) is 66.8 Å². The molecule has 0 spiro atoms. The second-order valence-corrected chi connectivity index (χ2v) is 26.8. The monoisotopic (exact) mass is 1680 g/mol. The molecule has 0 amide bonds. The van der Waals surface area contributed by atoms with Crippen LogP contribution in [-0.4, -0.2) is 332 Å². The highest BCUT2D eigenvalue weighted by Gasteiger charge is 2.12. The molecule has 0 aromatic heterocycles. The minimum absolute atomic E-state index is 0.0105. The molecule has 27 nitrogen and oxygen atoms in total. The van der Waals surface area contributed by atoms with Gasteiger partial charge in [0.15, 0.2) is 0 Å². The van der Waals surface area contributed by atoms with Gasteiger partial charge in [0, 0.05) is 0 Å². The van der Waals surface area contributed by atoms with Crippen molar-refractivity contribution in [3.05, 3.63) is 180 Å². The third-order valence-corrected chi connectivity index (χ3v) is 17.8. The Labute approximate surface area is 709 Å². The molecule has 7 rings (SSSR count). The highest BCUT2D eigenvalue weighted by atomic mass is 16.6. The topological polar surface area (TPSA) is 282 Å². The molecule has 0 heterocycles. The number of benzene rings is 7. The van der Waals surface area contributed by atoms with Crippen LogP contribution in [-0.2, 0) is 134 Å². The lowest BCUT2D eigenvalue weighted by atomic mass is 9.91. The van der Waals surface area contributed by atoms with Crippen LogP contribution in [0.4, 0.5) is 0 Å². The summed E-state index contributed by atoms with van der Waals surface area (Å²) in [5.41, 5.74) is 16.7. The molecule has 0 saturated heterocycles. The second-order valence-electron chi connectivity index (χ2n) is 26.8. The van der Waals surface area contributed by atoms with Gasteiger partial charge in [-0.1, -0.05) is 146 Å². The third kappa shape index (κ3) is 48.5. The first-order valence-corrected chi connectivity index (χ1v) is 42.0. The molecule has 0 radical (unpaired) electrons. The summed E-state index contributed by atoms with van der Waals surface area (Å²) >= 11 is 0. The van der Waals surface area contributed by atoms with Gasteiger partial charge in [-0.25, -0.2) is 0 Å². The van der Waals surface area contributed by atoms with Gasteiger partial charge >= 0.3 is 0 Å². The molecule has 0 unspecified atom stereocenters. The van der Waals surface area contributed by atoms with E-state index in [-0.39, 0.29) is 19.8 Å². The minimum atomic E-state index is 0.0105. The van der Waals surface area contributed by atoms with Crippen LogP contribution >= 0.6 is 0 Å². The standard InChI is InChI=1S/C93H132O27/c94-25-28-97-31-34-100-37-40-103-43-46-106-49-52-109-55-58-112-61-64-115-67-70-118-76-79-1-7-82(8-2-79)85-13-19-88(20-14-85)91-73-92(89-21-15-86(16-22-89)83-9-3-80(4-10-83)77-119-71-68-116-65-62-113-59-56-110-53-50-107-47-44-104-41-38-101-35-32-98-29-26-95)75-93(74-91)90-23-17-87(18-24-90)84-11-5-81(6-12-84)78-120-72-69-117-66-63-114-60-57-111-54-51-108-48-45-105-42-39-102-36-33-99-30-27-96/h1-24,73-75,94-96H,25-72,76-78H2. The van der Waals surface area contributed by atoms with Gasteiger partial charge in [-0.2, -0.15) is 0 Å². The highest BCUT2D eigenvalue weighted by molar-refractivity contribution is 5.83. The fraction of sp³-hybridized carbons (Fsp3) is 0.548. The quantitative estimate of drug-likeness (QED) is 0.0299. The van der Waals surface area contributed by atoms with Gasteiger partial charge in [0.05, 0.1) is 337 Å². The molecular weight excluding hydrogens is 1550 g/mol. The van der Waals surface area contributed by atoms with E-state index in [1.165, 1.54) is 0 Å². The molecule has 0 atom stereocenters. The second kappa shape index (κ2) is 70.8. The Kier molecular flexibility index (Phi) is 59.3. The van der Waals surface area contributed by atoms with Crippen LogP contribution in [0, 0.1) is 0 Å². The van der Waals surface area contributed by atoms with E-state index in [0.29, 0.717) is 317 Å². The molecule has 0 aliphatic heterocycles. The van der Waals surface area contributed by atoms with Crippen molar-refractivity contribution in [3.63, 3.8) is 0 Å². The van der Waals surface area contributed by atoms with Gasteiger partial charge < -0.3 is 129 Å². The fourth-order valence-electron chi connectivity index (χ4n) is 11.5. The molecule has 27 heteroatoms. The summed E-state index contributed by atoms with van der Waals surface area (Å²) in [5, 5.41) is 26.1. The van der Waals surface area contributed by atoms with E-state index in [4.69, 9.17) is 129 Å². The van der Waals surface area contributed by atoms with Crippen LogP contribution in [0.15, 0.2) is 164 Å². The number of aliphatic hydroxyl groups excluding tert-OH is 3. The lowest BCUT2D eigenvalue weighted by Gasteiger charge is -2.13. The van der Waals surface area contributed by atoms with Crippen LogP contribution in [0.5, 0.6) is 0 Å². The van der Waals surface area contributed by atoms with Crippen molar-refractivity contribution in [1.82, 2.24) is 0 Å². The number of rotatable bonds is 81. The number of hydrogen-bond donors (Lipinski definition) is 3. The molecule has 0 fully saturated rings. The van der Waals surface area contributed by atoms with Gasteiger partial charge in [0.2, 0.25) is 0 Å². The average Bonchev–Trinajstić information content (AvgIpc) is 0.792. The van der Waals surface area contributed by atoms with Crippen LogP contribution < -0.4 is 0 Å².